The molecule has 2 N–H and O–H groups in total. The van der Waals surface area contributed by atoms with E-state index >= 15 is 0 Å². The Morgan fingerprint density at radius 2 is 2.05 bits per heavy atom. The third-order valence-corrected chi connectivity index (χ3v) is 4.07. The number of halogens is 1. The van der Waals surface area contributed by atoms with E-state index in [2.05, 4.69) is 10.0 Å². The molecule has 0 aliphatic carbocycles. The molecule has 0 bridgehead atoms. The second-order valence-electron chi connectivity index (χ2n) is 4.39. The van der Waals surface area contributed by atoms with Crippen molar-refractivity contribution in [1.29, 1.82) is 0 Å². The molecule has 20 heavy (non-hydrogen) atoms. The van der Waals surface area contributed by atoms with E-state index in [1.807, 2.05) is 19.9 Å². The number of rotatable bonds is 8. The van der Waals surface area contributed by atoms with Gasteiger partial charge in [-0.2, -0.15) is 0 Å². The molecule has 0 saturated carbocycles. The Hall–Kier alpha value is -0.660. The van der Waals surface area contributed by atoms with Crippen LogP contribution in [0.25, 0.3) is 0 Å². The summed E-state index contributed by atoms with van der Waals surface area (Å²) < 4.78 is 31.8. The smallest absolute Gasteiger partial charge is 0.240 e. The fourth-order valence-electron chi connectivity index (χ4n) is 1.71. The van der Waals surface area contributed by atoms with Gasteiger partial charge in [-0.3, -0.25) is 0 Å². The van der Waals surface area contributed by atoms with E-state index in [4.69, 9.17) is 4.74 Å². The number of likely N-dealkylation sites (N-methyl/N-ethyl adjacent to an activating group) is 1. The fourth-order valence-corrected chi connectivity index (χ4v) is 2.91. The van der Waals surface area contributed by atoms with Crippen molar-refractivity contribution in [1.82, 2.24) is 10.0 Å². The predicted octanol–water partition coefficient (Wildman–Crippen LogP) is 1.53. The van der Waals surface area contributed by atoms with Crippen molar-refractivity contribution in [2.75, 3.05) is 20.2 Å². The zero-order valence-corrected chi connectivity index (χ0v) is 13.7. The quantitative estimate of drug-likeness (QED) is 0.761. The minimum Gasteiger partial charge on any atom is -0.380 e. The minimum atomic E-state index is -3.46. The monoisotopic (exact) mass is 322 g/mol. The second kappa shape index (κ2) is 9.31. The highest BCUT2D eigenvalue weighted by molar-refractivity contribution is 7.89. The summed E-state index contributed by atoms with van der Waals surface area (Å²) in [5.41, 5.74) is 0.838. The lowest BCUT2D eigenvalue weighted by Gasteiger charge is -2.14. The molecule has 0 fully saturated rings. The summed E-state index contributed by atoms with van der Waals surface area (Å²) in [7, 11) is -1.88. The molecule has 0 heterocycles. The standard InChI is InChI=1S/C13H22N2O3S.ClH/c1-4-14-11(2)9-15-19(16,17)13-7-5-6-12(8-13)10-18-3;/h5-8,11,14-15H,4,9-10H2,1-3H3;1H/t11-;/m1./s1. The highest BCUT2D eigenvalue weighted by atomic mass is 35.5. The molecular weight excluding hydrogens is 300 g/mol. The first-order valence-electron chi connectivity index (χ1n) is 6.30. The van der Waals surface area contributed by atoms with Gasteiger partial charge in [0.15, 0.2) is 0 Å². The first-order valence-corrected chi connectivity index (χ1v) is 7.79. The van der Waals surface area contributed by atoms with Crippen molar-refractivity contribution in [3.05, 3.63) is 29.8 Å². The number of sulfonamides is 1. The van der Waals surface area contributed by atoms with E-state index in [1.54, 1.807) is 25.3 Å². The maximum atomic E-state index is 12.1. The van der Waals surface area contributed by atoms with Crippen molar-refractivity contribution in [2.24, 2.45) is 0 Å². The fraction of sp³-hybridized carbons (Fsp3) is 0.538. The third-order valence-electron chi connectivity index (χ3n) is 2.65. The highest BCUT2D eigenvalue weighted by Gasteiger charge is 2.15. The molecule has 7 heteroatoms. The van der Waals surface area contributed by atoms with Crippen LogP contribution in [0.15, 0.2) is 29.2 Å². The van der Waals surface area contributed by atoms with Crippen LogP contribution in [0.3, 0.4) is 0 Å². The van der Waals surface area contributed by atoms with Crippen LogP contribution in [0.2, 0.25) is 0 Å². The topological polar surface area (TPSA) is 67.4 Å². The van der Waals surface area contributed by atoms with Crippen LogP contribution in [0.1, 0.15) is 19.4 Å². The Morgan fingerprint density at radius 3 is 2.65 bits per heavy atom. The van der Waals surface area contributed by atoms with Crippen LogP contribution in [0, 0.1) is 0 Å². The molecule has 0 aliphatic rings. The van der Waals surface area contributed by atoms with E-state index < -0.39 is 10.0 Å². The molecule has 0 aliphatic heterocycles. The summed E-state index contributed by atoms with van der Waals surface area (Å²) in [5, 5.41) is 3.15. The largest absolute Gasteiger partial charge is 0.380 e. The molecule has 1 aromatic rings. The molecule has 5 nitrogen and oxygen atoms in total. The van der Waals surface area contributed by atoms with Crippen molar-refractivity contribution < 1.29 is 13.2 Å². The van der Waals surface area contributed by atoms with Crippen molar-refractivity contribution in [3.8, 4) is 0 Å². The molecule has 0 spiro atoms. The lowest BCUT2D eigenvalue weighted by molar-refractivity contribution is 0.184. The third kappa shape index (κ3) is 6.19. The van der Waals surface area contributed by atoms with Crippen LogP contribution in [0.5, 0.6) is 0 Å². The highest BCUT2D eigenvalue weighted by Crippen LogP contribution is 2.12. The maximum Gasteiger partial charge on any atom is 0.240 e. The average molecular weight is 323 g/mol. The number of hydrogen-bond acceptors (Lipinski definition) is 4. The van der Waals surface area contributed by atoms with Gasteiger partial charge >= 0.3 is 0 Å². The summed E-state index contributed by atoms with van der Waals surface area (Å²) >= 11 is 0. The van der Waals surface area contributed by atoms with Crippen molar-refractivity contribution >= 4 is 22.4 Å². The van der Waals surface area contributed by atoms with Gasteiger partial charge in [0.2, 0.25) is 10.0 Å². The van der Waals surface area contributed by atoms with Crippen LogP contribution in [0.4, 0.5) is 0 Å². The summed E-state index contributed by atoms with van der Waals surface area (Å²) in [6.07, 6.45) is 0. The number of methoxy groups -OCH3 is 1. The summed E-state index contributed by atoms with van der Waals surface area (Å²) in [5.74, 6) is 0. The Bertz CT molecular complexity index is 494. The molecule has 1 aromatic carbocycles. The van der Waals surface area contributed by atoms with Gasteiger partial charge < -0.3 is 10.1 Å². The Morgan fingerprint density at radius 1 is 1.35 bits per heavy atom. The maximum absolute atomic E-state index is 12.1. The summed E-state index contributed by atoms with van der Waals surface area (Å²) in [6, 6.07) is 6.87. The SMILES string of the molecule is CCN[C@H](C)CNS(=O)(=O)c1cccc(COC)c1.Cl. The molecule has 0 aromatic heterocycles. The molecule has 0 amide bonds. The van der Waals surface area contributed by atoms with E-state index in [9.17, 15) is 8.42 Å². The van der Waals surface area contributed by atoms with Crippen molar-refractivity contribution in [2.45, 2.75) is 31.4 Å². The van der Waals surface area contributed by atoms with E-state index in [0.717, 1.165) is 12.1 Å². The van der Waals surface area contributed by atoms with Gasteiger partial charge in [-0.1, -0.05) is 19.1 Å². The molecule has 0 unspecified atom stereocenters. The number of nitrogens with one attached hydrogen (secondary N) is 2. The molecule has 0 saturated heterocycles. The van der Waals surface area contributed by atoms with Gasteiger partial charge in [0, 0.05) is 19.7 Å². The Kier molecular flexibility index (Phi) is 9.00. The second-order valence-corrected chi connectivity index (χ2v) is 6.16. The van der Waals surface area contributed by atoms with E-state index in [1.165, 1.54) is 0 Å². The van der Waals surface area contributed by atoms with E-state index in [0.29, 0.717) is 13.2 Å². The van der Waals surface area contributed by atoms with Crippen LogP contribution >= 0.6 is 12.4 Å². The average Bonchev–Trinajstić information content (AvgIpc) is 2.38. The molecular formula is C13H23ClN2O3S. The summed E-state index contributed by atoms with van der Waals surface area (Å²) in [4.78, 5) is 0.269. The molecule has 1 atom stereocenters. The lowest BCUT2D eigenvalue weighted by Crippen LogP contribution is -2.38. The Balaban J connectivity index is 0.00000361. The normalized spacial score (nSPS) is 12.8. The first kappa shape index (κ1) is 19.3. The van der Waals surface area contributed by atoms with Crippen LogP contribution < -0.4 is 10.0 Å². The van der Waals surface area contributed by atoms with Crippen molar-refractivity contribution in [3.63, 3.8) is 0 Å². The lowest BCUT2D eigenvalue weighted by atomic mass is 10.2. The molecule has 0 radical (unpaired) electrons. The van der Waals surface area contributed by atoms with Gasteiger partial charge in [-0.25, -0.2) is 13.1 Å². The van der Waals surface area contributed by atoms with Crippen LogP contribution in [-0.2, 0) is 21.4 Å². The zero-order valence-electron chi connectivity index (χ0n) is 12.0. The number of hydrogen-bond donors (Lipinski definition) is 2. The van der Waals surface area contributed by atoms with E-state index in [-0.39, 0.29) is 23.3 Å². The minimum absolute atomic E-state index is 0. The first-order chi connectivity index (χ1) is 8.99. The van der Waals surface area contributed by atoms with Gasteiger partial charge in [-0.05, 0) is 31.2 Å². The van der Waals surface area contributed by atoms with Gasteiger partial charge in [0.25, 0.3) is 0 Å². The van der Waals surface area contributed by atoms with Gasteiger partial charge in [0.05, 0.1) is 11.5 Å². The number of ether oxygens (including phenoxy) is 1. The molecule has 1 rings (SSSR count). The molecule has 116 valence electrons. The van der Waals surface area contributed by atoms with Crippen LogP contribution in [-0.4, -0.2) is 34.7 Å². The zero-order chi connectivity index (χ0) is 14.3. The van der Waals surface area contributed by atoms with Gasteiger partial charge in [-0.15, -0.1) is 12.4 Å². The van der Waals surface area contributed by atoms with Gasteiger partial charge in [0.1, 0.15) is 0 Å². The predicted molar refractivity (Wildman–Crippen MR) is 82.7 cm³/mol. The summed E-state index contributed by atoms with van der Waals surface area (Å²) in [6.45, 7) is 5.50. The number of benzene rings is 1. The Labute approximate surface area is 127 Å².